The maximum atomic E-state index is 11.8. The third-order valence-corrected chi connectivity index (χ3v) is 3.53. The van der Waals surface area contributed by atoms with Crippen molar-refractivity contribution < 1.29 is 9.59 Å². The first-order valence-corrected chi connectivity index (χ1v) is 6.17. The van der Waals surface area contributed by atoms with Crippen LogP contribution in [0, 0.1) is 0 Å². The van der Waals surface area contributed by atoms with Crippen molar-refractivity contribution in [2.45, 2.75) is 6.42 Å². The SMILES string of the molecule is Cn1c(=O)n(C)c2cc(C=C3CC(=O)NC3=O)ccc21. The number of hydrogen-bond donors (Lipinski definition) is 1. The standard InChI is InChI=1S/C14H13N3O3/c1-16-10-4-3-8(6-11(10)17(2)14(16)20)5-9-7-12(18)15-13(9)19/h3-6H,7H2,1-2H3,(H,15,18,19). The third-order valence-electron chi connectivity index (χ3n) is 3.53. The van der Waals surface area contributed by atoms with E-state index in [1.54, 1.807) is 29.3 Å². The molecule has 1 N–H and O–H groups in total. The summed E-state index contributed by atoms with van der Waals surface area (Å²) in [4.78, 5) is 34.5. The molecule has 0 saturated carbocycles. The summed E-state index contributed by atoms with van der Waals surface area (Å²) in [6, 6.07) is 5.49. The fraction of sp³-hybridized carbons (Fsp3) is 0.214. The van der Waals surface area contributed by atoms with E-state index >= 15 is 0 Å². The van der Waals surface area contributed by atoms with E-state index in [1.165, 1.54) is 0 Å². The first-order valence-electron chi connectivity index (χ1n) is 6.17. The number of rotatable bonds is 1. The molecule has 1 fully saturated rings. The van der Waals surface area contributed by atoms with Crippen molar-refractivity contribution in [1.29, 1.82) is 0 Å². The van der Waals surface area contributed by atoms with Crippen LogP contribution in [-0.2, 0) is 23.7 Å². The predicted molar refractivity (Wildman–Crippen MR) is 73.9 cm³/mol. The van der Waals surface area contributed by atoms with E-state index in [9.17, 15) is 14.4 Å². The average Bonchev–Trinajstić information content (AvgIpc) is 2.83. The lowest BCUT2D eigenvalue weighted by molar-refractivity contribution is -0.124. The van der Waals surface area contributed by atoms with E-state index < -0.39 is 0 Å². The highest BCUT2D eigenvalue weighted by Gasteiger charge is 2.23. The molecule has 0 atom stereocenters. The molecule has 0 spiro atoms. The quantitative estimate of drug-likeness (QED) is 0.599. The molecule has 0 bridgehead atoms. The second-order valence-electron chi connectivity index (χ2n) is 4.87. The number of nitrogens with zero attached hydrogens (tertiary/aromatic N) is 2. The lowest BCUT2D eigenvalue weighted by Crippen LogP contribution is -2.19. The van der Waals surface area contributed by atoms with Crippen LogP contribution in [0.2, 0.25) is 0 Å². The molecule has 3 rings (SSSR count). The zero-order chi connectivity index (χ0) is 14.4. The molecule has 1 aromatic carbocycles. The first-order chi connectivity index (χ1) is 9.47. The Labute approximate surface area is 114 Å². The number of nitrogens with one attached hydrogen (secondary N) is 1. The Kier molecular flexibility index (Phi) is 2.60. The number of aryl methyl sites for hydroxylation is 2. The second-order valence-corrected chi connectivity index (χ2v) is 4.87. The molecule has 2 aromatic rings. The average molecular weight is 271 g/mol. The Hall–Kier alpha value is -2.63. The molecule has 1 aromatic heterocycles. The van der Waals surface area contributed by atoms with Gasteiger partial charge in [0.2, 0.25) is 5.91 Å². The molecule has 102 valence electrons. The zero-order valence-electron chi connectivity index (χ0n) is 11.1. The number of imide groups is 1. The van der Waals surface area contributed by atoms with Gasteiger partial charge in [-0.05, 0) is 23.8 Å². The van der Waals surface area contributed by atoms with E-state index in [0.717, 1.165) is 16.6 Å². The molecule has 20 heavy (non-hydrogen) atoms. The smallest absolute Gasteiger partial charge is 0.295 e. The molecule has 0 unspecified atom stereocenters. The zero-order valence-corrected chi connectivity index (χ0v) is 11.1. The van der Waals surface area contributed by atoms with Crippen molar-refractivity contribution >= 4 is 28.9 Å². The van der Waals surface area contributed by atoms with E-state index in [4.69, 9.17) is 0 Å². The van der Waals surface area contributed by atoms with Crippen LogP contribution in [0.25, 0.3) is 17.1 Å². The number of hydrogen-bond acceptors (Lipinski definition) is 3. The predicted octanol–water partition coefficient (Wildman–Crippen LogP) is 0.307. The van der Waals surface area contributed by atoms with Gasteiger partial charge >= 0.3 is 5.69 Å². The summed E-state index contributed by atoms with van der Waals surface area (Å²) in [7, 11) is 3.42. The summed E-state index contributed by atoms with van der Waals surface area (Å²) >= 11 is 0. The van der Waals surface area contributed by atoms with E-state index in [1.807, 2.05) is 18.2 Å². The number of amides is 2. The van der Waals surface area contributed by atoms with E-state index in [-0.39, 0.29) is 23.9 Å². The van der Waals surface area contributed by atoms with Crippen LogP contribution in [0.15, 0.2) is 28.6 Å². The van der Waals surface area contributed by atoms with Gasteiger partial charge in [0.1, 0.15) is 0 Å². The molecular weight excluding hydrogens is 258 g/mol. The van der Waals surface area contributed by atoms with Crippen molar-refractivity contribution in [3.05, 3.63) is 39.8 Å². The molecule has 1 saturated heterocycles. The topological polar surface area (TPSA) is 73.1 Å². The Balaban J connectivity index is 2.13. The van der Waals surface area contributed by atoms with Crippen LogP contribution in [-0.4, -0.2) is 20.9 Å². The number of aromatic nitrogens is 2. The van der Waals surface area contributed by atoms with Gasteiger partial charge in [0.15, 0.2) is 0 Å². The number of carbonyl (C=O) groups excluding carboxylic acids is 2. The molecule has 0 aliphatic carbocycles. The summed E-state index contributed by atoms with van der Waals surface area (Å²) in [5, 5.41) is 2.24. The second kappa shape index (κ2) is 4.19. The summed E-state index contributed by atoms with van der Waals surface area (Å²) in [5.41, 5.74) is 2.75. The summed E-state index contributed by atoms with van der Waals surface area (Å²) in [6.45, 7) is 0. The lowest BCUT2D eigenvalue weighted by atomic mass is 10.1. The molecule has 0 radical (unpaired) electrons. The van der Waals surface area contributed by atoms with Gasteiger partial charge in [-0.25, -0.2) is 4.79 Å². The normalized spacial score (nSPS) is 17.2. The van der Waals surface area contributed by atoms with Crippen LogP contribution in [0.5, 0.6) is 0 Å². The van der Waals surface area contributed by atoms with Gasteiger partial charge in [-0.1, -0.05) is 6.07 Å². The summed E-state index contributed by atoms with van der Waals surface area (Å²) < 4.78 is 3.12. The molecule has 6 heteroatoms. The number of imidazole rings is 1. The van der Waals surface area contributed by atoms with Crippen LogP contribution in [0.4, 0.5) is 0 Å². The number of carbonyl (C=O) groups is 2. The maximum absolute atomic E-state index is 11.8. The van der Waals surface area contributed by atoms with Gasteiger partial charge in [-0.15, -0.1) is 0 Å². The van der Waals surface area contributed by atoms with Gasteiger partial charge in [0.25, 0.3) is 5.91 Å². The van der Waals surface area contributed by atoms with Crippen molar-refractivity contribution in [2.75, 3.05) is 0 Å². The lowest BCUT2D eigenvalue weighted by Gasteiger charge is -1.99. The van der Waals surface area contributed by atoms with Crippen LogP contribution >= 0.6 is 0 Å². The monoisotopic (exact) mass is 271 g/mol. The van der Waals surface area contributed by atoms with Crippen molar-refractivity contribution in [3.8, 4) is 0 Å². The summed E-state index contributed by atoms with van der Waals surface area (Å²) in [5.74, 6) is -0.633. The Morgan fingerprint density at radius 2 is 1.80 bits per heavy atom. The minimum Gasteiger partial charge on any atom is -0.295 e. The molecule has 1 aliphatic rings. The van der Waals surface area contributed by atoms with Crippen molar-refractivity contribution in [3.63, 3.8) is 0 Å². The highest BCUT2D eigenvalue weighted by molar-refractivity contribution is 6.15. The maximum Gasteiger partial charge on any atom is 0.328 e. The third kappa shape index (κ3) is 1.77. The van der Waals surface area contributed by atoms with E-state index in [0.29, 0.717) is 5.57 Å². The van der Waals surface area contributed by atoms with Gasteiger partial charge < -0.3 is 0 Å². The van der Waals surface area contributed by atoms with Gasteiger partial charge in [-0.2, -0.15) is 0 Å². The first kappa shape index (κ1) is 12.4. The molecular formula is C14H13N3O3. The minimum absolute atomic E-state index is 0.0985. The number of fused-ring (bicyclic) bond motifs is 1. The van der Waals surface area contributed by atoms with Crippen molar-refractivity contribution in [2.24, 2.45) is 14.1 Å². The van der Waals surface area contributed by atoms with E-state index in [2.05, 4.69) is 5.32 Å². The largest absolute Gasteiger partial charge is 0.328 e. The molecule has 2 heterocycles. The molecule has 6 nitrogen and oxygen atoms in total. The molecule has 2 amide bonds. The highest BCUT2D eigenvalue weighted by atomic mass is 16.2. The van der Waals surface area contributed by atoms with Gasteiger partial charge in [0, 0.05) is 19.7 Å². The Morgan fingerprint density at radius 3 is 2.45 bits per heavy atom. The van der Waals surface area contributed by atoms with Gasteiger partial charge in [0.05, 0.1) is 17.5 Å². The van der Waals surface area contributed by atoms with Crippen molar-refractivity contribution in [1.82, 2.24) is 14.5 Å². The highest BCUT2D eigenvalue weighted by Crippen LogP contribution is 2.19. The van der Waals surface area contributed by atoms with Crippen LogP contribution in [0.1, 0.15) is 12.0 Å². The number of benzene rings is 1. The fourth-order valence-corrected chi connectivity index (χ4v) is 2.44. The minimum atomic E-state index is -0.350. The molecule has 1 aliphatic heterocycles. The Morgan fingerprint density at radius 1 is 1.10 bits per heavy atom. The fourth-order valence-electron chi connectivity index (χ4n) is 2.44. The van der Waals surface area contributed by atoms with Crippen LogP contribution < -0.4 is 11.0 Å². The van der Waals surface area contributed by atoms with Gasteiger partial charge in [-0.3, -0.25) is 24.0 Å². The summed E-state index contributed by atoms with van der Waals surface area (Å²) in [6.07, 6.45) is 1.78. The Bertz CT molecular complexity index is 839. The van der Waals surface area contributed by atoms with Crippen LogP contribution in [0.3, 0.4) is 0 Å².